The molecule has 1 aromatic heterocycles. The van der Waals surface area contributed by atoms with Gasteiger partial charge in [0.1, 0.15) is 0 Å². The molecule has 0 saturated heterocycles. The lowest BCUT2D eigenvalue weighted by Crippen LogP contribution is -2.15. The molecule has 0 aliphatic carbocycles. The summed E-state index contributed by atoms with van der Waals surface area (Å²) in [7, 11) is 4.13. The first-order valence-corrected chi connectivity index (χ1v) is 4.26. The van der Waals surface area contributed by atoms with Crippen LogP contribution < -0.4 is 0 Å². The quantitative estimate of drug-likeness (QED) is 0.680. The molecule has 1 rings (SSSR count). The second-order valence-corrected chi connectivity index (χ2v) is 3.62. The summed E-state index contributed by atoms with van der Waals surface area (Å²) < 4.78 is 2.19. The van der Waals surface area contributed by atoms with Gasteiger partial charge in [-0.2, -0.15) is 0 Å². The molecule has 0 aliphatic heterocycles. The number of hydrogen-bond acceptors (Lipinski definition) is 2. The van der Waals surface area contributed by atoms with Gasteiger partial charge in [-0.1, -0.05) is 0 Å². The van der Waals surface area contributed by atoms with Crippen molar-refractivity contribution in [3.8, 4) is 0 Å². The highest BCUT2D eigenvalue weighted by Gasteiger charge is 2.04. The predicted octanol–water partition coefficient (Wildman–Crippen LogP) is 1.53. The van der Waals surface area contributed by atoms with Crippen LogP contribution in [-0.4, -0.2) is 28.5 Å². The maximum atomic E-state index is 4.13. The topological polar surface area (TPSA) is 21.1 Å². The van der Waals surface area contributed by atoms with E-state index in [-0.39, 0.29) is 0 Å². The van der Waals surface area contributed by atoms with E-state index in [2.05, 4.69) is 42.4 Å². The molecular formula is C9H17N3. The summed E-state index contributed by atoms with van der Waals surface area (Å²) in [6.07, 6.45) is 3.82. The molecule has 0 fully saturated rings. The molecule has 1 heterocycles. The Morgan fingerprint density at radius 3 is 2.67 bits per heavy atom. The summed E-state index contributed by atoms with van der Waals surface area (Å²) in [6.45, 7) is 5.29. The van der Waals surface area contributed by atoms with Gasteiger partial charge in [0, 0.05) is 18.8 Å². The minimum atomic E-state index is 0.502. The van der Waals surface area contributed by atoms with E-state index in [1.165, 1.54) is 5.69 Å². The molecule has 0 unspecified atom stereocenters. The van der Waals surface area contributed by atoms with E-state index >= 15 is 0 Å². The smallest absolute Gasteiger partial charge is 0.0951 e. The standard InChI is InChI=1S/C9H17N3/c1-8(2)12-7-10-5-9(12)6-11(3)4/h5,7-8H,6H2,1-4H3. The van der Waals surface area contributed by atoms with Gasteiger partial charge in [-0.25, -0.2) is 4.98 Å². The van der Waals surface area contributed by atoms with Gasteiger partial charge < -0.3 is 9.47 Å². The third kappa shape index (κ3) is 2.08. The second-order valence-electron chi connectivity index (χ2n) is 3.62. The molecule has 0 aromatic carbocycles. The van der Waals surface area contributed by atoms with Gasteiger partial charge in [0.15, 0.2) is 0 Å². The average molecular weight is 167 g/mol. The summed E-state index contributed by atoms with van der Waals surface area (Å²) in [5.74, 6) is 0. The van der Waals surface area contributed by atoms with E-state index in [1.54, 1.807) is 0 Å². The minimum absolute atomic E-state index is 0.502. The summed E-state index contributed by atoms with van der Waals surface area (Å²) in [5.41, 5.74) is 1.27. The van der Waals surface area contributed by atoms with Crippen molar-refractivity contribution >= 4 is 0 Å². The van der Waals surface area contributed by atoms with Gasteiger partial charge in [0.05, 0.1) is 12.0 Å². The summed E-state index contributed by atoms with van der Waals surface area (Å²) in [5, 5.41) is 0. The molecular weight excluding hydrogens is 150 g/mol. The molecule has 0 aliphatic rings. The molecule has 12 heavy (non-hydrogen) atoms. The largest absolute Gasteiger partial charge is 0.331 e. The van der Waals surface area contributed by atoms with Crippen LogP contribution in [0.3, 0.4) is 0 Å². The molecule has 3 nitrogen and oxygen atoms in total. The van der Waals surface area contributed by atoms with Gasteiger partial charge in [0.25, 0.3) is 0 Å². The Labute approximate surface area is 74.0 Å². The number of aromatic nitrogens is 2. The molecule has 0 bridgehead atoms. The van der Waals surface area contributed by atoms with E-state index in [4.69, 9.17) is 0 Å². The summed E-state index contributed by atoms with van der Waals surface area (Å²) in [4.78, 5) is 6.28. The third-order valence-electron chi connectivity index (χ3n) is 1.78. The van der Waals surface area contributed by atoms with E-state index in [0.717, 1.165) is 6.54 Å². The third-order valence-corrected chi connectivity index (χ3v) is 1.78. The van der Waals surface area contributed by atoms with Crippen molar-refractivity contribution in [2.24, 2.45) is 0 Å². The maximum absolute atomic E-state index is 4.13. The van der Waals surface area contributed by atoms with Crippen molar-refractivity contribution < 1.29 is 0 Å². The molecule has 0 radical (unpaired) electrons. The molecule has 0 amide bonds. The van der Waals surface area contributed by atoms with E-state index < -0.39 is 0 Å². The zero-order valence-electron chi connectivity index (χ0n) is 8.28. The van der Waals surface area contributed by atoms with E-state index in [1.807, 2.05) is 12.5 Å². The zero-order chi connectivity index (χ0) is 9.14. The van der Waals surface area contributed by atoms with Crippen LogP contribution in [0.5, 0.6) is 0 Å². The first-order valence-electron chi connectivity index (χ1n) is 4.26. The fraction of sp³-hybridized carbons (Fsp3) is 0.667. The maximum Gasteiger partial charge on any atom is 0.0951 e. The van der Waals surface area contributed by atoms with Crippen molar-refractivity contribution in [3.05, 3.63) is 18.2 Å². The van der Waals surface area contributed by atoms with Gasteiger partial charge in [-0.05, 0) is 27.9 Å². The summed E-state index contributed by atoms with van der Waals surface area (Å²) >= 11 is 0. The Bertz CT molecular complexity index is 238. The van der Waals surface area contributed by atoms with Crippen molar-refractivity contribution in [3.63, 3.8) is 0 Å². The average Bonchev–Trinajstić information content (AvgIpc) is 2.33. The first kappa shape index (κ1) is 9.26. The van der Waals surface area contributed by atoms with Gasteiger partial charge >= 0.3 is 0 Å². The van der Waals surface area contributed by atoms with Crippen molar-refractivity contribution in [1.82, 2.24) is 14.5 Å². The van der Waals surface area contributed by atoms with Gasteiger partial charge in [0.2, 0.25) is 0 Å². The lowest BCUT2D eigenvalue weighted by atomic mass is 10.3. The van der Waals surface area contributed by atoms with Crippen LogP contribution in [0.15, 0.2) is 12.5 Å². The monoisotopic (exact) mass is 167 g/mol. The highest BCUT2D eigenvalue weighted by atomic mass is 15.1. The number of imidazole rings is 1. The Morgan fingerprint density at radius 2 is 2.17 bits per heavy atom. The van der Waals surface area contributed by atoms with Crippen molar-refractivity contribution in [2.45, 2.75) is 26.4 Å². The van der Waals surface area contributed by atoms with Crippen LogP contribution in [0, 0.1) is 0 Å². The Hall–Kier alpha value is -0.830. The van der Waals surface area contributed by atoms with Crippen LogP contribution in [-0.2, 0) is 6.54 Å². The molecule has 0 saturated carbocycles. The van der Waals surface area contributed by atoms with Crippen LogP contribution in [0.1, 0.15) is 25.6 Å². The predicted molar refractivity (Wildman–Crippen MR) is 50.0 cm³/mol. The van der Waals surface area contributed by atoms with Crippen LogP contribution in [0.2, 0.25) is 0 Å². The van der Waals surface area contributed by atoms with Gasteiger partial charge in [-0.3, -0.25) is 0 Å². The molecule has 1 aromatic rings. The fourth-order valence-electron chi connectivity index (χ4n) is 1.24. The zero-order valence-corrected chi connectivity index (χ0v) is 8.28. The Morgan fingerprint density at radius 1 is 1.50 bits per heavy atom. The van der Waals surface area contributed by atoms with E-state index in [0.29, 0.717) is 6.04 Å². The molecule has 3 heteroatoms. The fourth-order valence-corrected chi connectivity index (χ4v) is 1.24. The lowest BCUT2D eigenvalue weighted by molar-refractivity contribution is 0.382. The number of hydrogen-bond donors (Lipinski definition) is 0. The van der Waals surface area contributed by atoms with Gasteiger partial charge in [-0.15, -0.1) is 0 Å². The summed E-state index contributed by atoms with van der Waals surface area (Å²) in [6, 6.07) is 0.502. The molecule has 0 N–H and O–H groups in total. The molecule has 0 atom stereocenters. The van der Waals surface area contributed by atoms with Crippen LogP contribution in [0.4, 0.5) is 0 Å². The van der Waals surface area contributed by atoms with Crippen molar-refractivity contribution in [1.29, 1.82) is 0 Å². The van der Waals surface area contributed by atoms with E-state index in [9.17, 15) is 0 Å². The van der Waals surface area contributed by atoms with Crippen molar-refractivity contribution in [2.75, 3.05) is 14.1 Å². The van der Waals surface area contributed by atoms with Crippen LogP contribution in [0.25, 0.3) is 0 Å². The highest BCUT2D eigenvalue weighted by Crippen LogP contribution is 2.09. The lowest BCUT2D eigenvalue weighted by Gasteiger charge is -2.14. The normalized spacial score (nSPS) is 11.5. The van der Waals surface area contributed by atoms with Crippen LogP contribution >= 0.6 is 0 Å². The SMILES string of the molecule is CC(C)n1cncc1CN(C)C. The number of nitrogens with zero attached hydrogens (tertiary/aromatic N) is 3. The first-order chi connectivity index (χ1) is 5.61. The minimum Gasteiger partial charge on any atom is -0.331 e. The second kappa shape index (κ2) is 3.72. The molecule has 0 spiro atoms. The Kier molecular flexibility index (Phi) is 2.87. The molecule has 68 valence electrons. The highest BCUT2D eigenvalue weighted by molar-refractivity contribution is 4.99. The Balaban J connectivity index is 2.77. The number of rotatable bonds is 3.